The second-order valence-corrected chi connectivity index (χ2v) is 7.12. The molecule has 0 saturated carbocycles. The van der Waals surface area contributed by atoms with Crippen molar-refractivity contribution < 1.29 is 9.59 Å². The first-order valence-electron chi connectivity index (χ1n) is 7.14. The van der Waals surface area contributed by atoms with Gasteiger partial charge in [-0.2, -0.15) is 4.52 Å². The lowest BCUT2D eigenvalue weighted by atomic mass is 10.1. The van der Waals surface area contributed by atoms with Gasteiger partial charge in [0, 0.05) is 17.4 Å². The number of hydrogen-bond acceptors (Lipinski definition) is 6. The van der Waals surface area contributed by atoms with Crippen LogP contribution in [0.4, 0.5) is 10.8 Å². The van der Waals surface area contributed by atoms with E-state index in [1.807, 2.05) is 24.3 Å². The van der Waals surface area contributed by atoms with Crippen LogP contribution in [0.1, 0.15) is 6.42 Å². The van der Waals surface area contributed by atoms with Crippen LogP contribution in [0, 0.1) is 5.92 Å². The molecule has 1 aliphatic rings. The number of anilines is 2. The first-order valence-corrected chi connectivity index (χ1v) is 8.75. The van der Waals surface area contributed by atoms with Gasteiger partial charge in [0.05, 0.1) is 11.6 Å². The number of nitrogens with one attached hydrogen (secondary N) is 1. The molecule has 1 unspecified atom stereocenters. The summed E-state index contributed by atoms with van der Waals surface area (Å²) in [7, 11) is 0. The van der Waals surface area contributed by atoms with Gasteiger partial charge in [0.15, 0.2) is 0 Å². The molecule has 122 valence electrons. The lowest BCUT2D eigenvalue weighted by Gasteiger charge is -2.18. The number of para-hydroxylation sites is 1. The predicted octanol–water partition coefficient (Wildman–Crippen LogP) is 1.94. The minimum absolute atomic E-state index is 0.0693. The van der Waals surface area contributed by atoms with E-state index in [9.17, 15) is 9.59 Å². The molecule has 3 aromatic rings. The Morgan fingerprint density at radius 1 is 1.38 bits per heavy atom. The van der Waals surface area contributed by atoms with Gasteiger partial charge < -0.3 is 10.2 Å². The number of carbonyl (C=O) groups excluding carboxylic acids is 2. The molecular formula is C14H11BrN6O2S. The molecule has 4 rings (SSSR count). The van der Waals surface area contributed by atoms with Gasteiger partial charge in [-0.05, 0) is 28.1 Å². The molecule has 1 atom stereocenters. The average Bonchev–Trinajstić information content (AvgIpc) is 3.22. The normalized spacial score (nSPS) is 17.6. The molecule has 0 bridgehead atoms. The molecule has 1 fully saturated rings. The minimum atomic E-state index is -0.418. The van der Waals surface area contributed by atoms with Crippen molar-refractivity contribution in [2.45, 2.75) is 6.42 Å². The summed E-state index contributed by atoms with van der Waals surface area (Å²) in [5.41, 5.74) is 0.775. The van der Waals surface area contributed by atoms with Crippen molar-refractivity contribution in [3.63, 3.8) is 0 Å². The molecule has 1 aromatic carbocycles. The maximum Gasteiger partial charge on any atom is 0.236 e. The van der Waals surface area contributed by atoms with Crippen LogP contribution in [0.2, 0.25) is 0 Å². The quantitative estimate of drug-likeness (QED) is 0.717. The summed E-state index contributed by atoms with van der Waals surface area (Å²) in [6.07, 6.45) is 1.65. The summed E-state index contributed by atoms with van der Waals surface area (Å²) in [6, 6.07) is 7.46. The molecule has 3 heterocycles. The molecule has 1 aliphatic heterocycles. The highest BCUT2D eigenvalue weighted by atomic mass is 79.9. The number of rotatable bonds is 3. The molecule has 1 N–H and O–H groups in total. The van der Waals surface area contributed by atoms with Gasteiger partial charge >= 0.3 is 0 Å². The maximum atomic E-state index is 12.4. The number of carbonyl (C=O) groups is 2. The monoisotopic (exact) mass is 406 g/mol. The molecule has 2 amide bonds. The van der Waals surface area contributed by atoms with Gasteiger partial charge in [-0.1, -0.05) is 23.5 Å². The highest BCUT2D eigenvalue weighted by Gasteiger charge is 2.36. The second kappa shape index (κ2) is 5.95. The summed E-state index contributed by atoms with van der Waals surface area (Å²) in [5, 5.41) is 14.9. The van der Waals surface area contributed by atoms with Crippen molar-refractivity contribution >= 4 is 54.9 Å². The van der Waals surface area contributed by atoms with Gasteiger partial charge in [-0.25, -0.2) is 0 Å². The van der Waals surface area contributed by atoms with Crippen LogP contribution >= 0.6 is 27.3 Å². The number of amides is 2. The van der Waals surface area contributed by atoms with Crippen LogP contribution in [-0.4, -0.2) is 38.2 Å². The molecule has 10 heteroatoms. The van der Waals surface area contributed by atoms with E-state index in [1.165, 1.54) is 22.2 Å². The van der Waals surface area contributed by atoms with Crippen molar-refractivity contribution in [2.24, 2.45) is 5.92 Å². The van der Waals surface area contributed by atoms with E-state index in [2.05, 4.69) is 36.5 Å². The van der Waals surface area contributed by atoms with Crippen molar-refractivity contribution in [1.82, 2.24) is 19.8 Å². The Bertz CT molecular complexity index is 910. The van der Waals surface area contributed by atoms with E-state index < -0.39 is 5.92 Å². The molecule has 2 aromatic heterocycles. The Labute approximate surface area is 148 Å². The molecule has 1 saturated heterocycles. The maximum absolute atomic E-state index is 12.4. The van der Waals surface area contributed by atoms with Crippen LogP contribution in [0.3, 0.4) is 0 Å². The van der Waals surface area contributed by atoms with Crippen molar-refractivity contribution in [2.75, 3.05) is 16.8 Å². The third kappa shape index (κ3) is 2.67. The largest absolute Gasteiger partial charge is 0.310 e. The zero-order chi connectivity index (χ0) is 16.7. The van der Waals surface area contributed by atoms with Crippen LogP contribution < -0.4 is 10.2 Å². The fourth-order valence-electron chi connectivity index (χ4n) is 2.60. The first-order chi connectivity index (χ1) is 11.6. The smallest absolute Gasteiger partial charge is 0.236 e. The third-order valence-electron chi connectivity index (χ3n) is 3.76. The number of benzene rings is 1. The summed E-state index contributed by atoms with van der Waals surface area (Å²) >= 11 is 4.67. The second-order valence-electron chi connectivity index (χ2n) is 5.31. The molecule has 0 spiro atoms. The summed E-state index contributed by atoms with van der Waals surface area (Å²) in [6.45, 7) is 0.345. The van der Waals surface area contributed by atoms with E-state index in [1.54, 1.807) is 4.90 Å². The van der Waals surface area contributed by atoms with Gasteiger partial charge in [-0.3, -0.25) is 9.59 Å². The summed E-state index contributed by atoms with van der Waals surface area (Å²) in [5.74, 6) is -0.706. The lowest BCUT2D eigenvalue weighted by molar-refractivity contribution is -0.122. The van der Waals surface area contributed by atoms with E-state index in [0.29, 0.717) is 16.6 Å². The zero-order valence-electron chi connectivity index (χ0n) is 12.2. The van der Waals surface area contributed by atoms with Crippen LogP contribution in [0.5, 0.6) is 0 Å². The fourth-order valence-corrected chi connectivity index (χ4v) is 3.83. The molecule has 24 heavy (non-hydrogen) atoms. The van der Waals surface area contributed by atoms with Gasteiger partial charge in [0.1, 0.15) is 6.33 Å². The van der Waals surface area contributed by atoms with Gasteiger partial charge in [-0.15, -0.1) is 15.3 Å². The lowest BCUT2D eigenvalue weighted by Crippen LogP contribution is -2.28. The third-order valence-corrected chi connectivity index (χ3v) is 5.25. The first kappa shape index (κ1) is 15.2. The van der Waals surface area contributed by atoms with E-state index >= 15 is 0 Å². The summed E-state index contributed by atoms with van der Waals surface area (Å²) in [4.78, 5) is 27.0. The number of hydrogen-bond donors (Lipinski definition) is 1. The summed E-state index contributed by atoms with van der Waals surface area (Å²) < 4.78 is 2.32. The van der Waals surface area contributed by atoms with Gasteiger partial charge in [0.25, 0.3) is 0 Å². The van der Waals surface area contributed by atoms with Crippen LogP contribution in [0.25, 0.3) is 4.96 Å². The molecular weight excluding hydrogens is 396 g/mol. The molecule has 8 nitrogen and oxygen atoms in total. The Balaban J connectivity index is 1.49. The van der Waals surface area contributed by atoms with Crippen LogP contribution in [0.15, 0.2) is 35.1 Å². The van der Waals surface area contributed by atoms with E-state index in [0.717, 1.165) is 10.2 Å². The zero-order valence-corrected chi connectivity index (χ0v) is 14.6. The number of nitrogens with zero attached hydrogens (tertiary/aromatic N) is 5. The SMILES string of the molecule is O=C(Nc1nn2cnnc2s1)C1CC(=O)N(c2ccccc2Br)C1. The number of aromatic nitrogens is 4. The highest BCUT2D eigenvalue weighted by Crippen LogP contribution is 2.31. The standard InChI is InChI=1S/C14H11BrN6O2S/c15-9-3-1-2-4-10(9)20-6-8(5-11(20)22)12(23)17-13-19-21-7-16-18-14(21)24-13/h1-4,7-8H,5-6H2,(H,17,19,23). The Morgan fingerprint density at radius 2 is 2.21 bits per heavy atom. The van der Waals surface area contributed by atoms with Gasteiger partial charge in [0.2, 0.25) is 21.9 Å². The Morgan fingerprint density at radius 3 is 3.00 bits per heavy atom. The number of fused-ring (bicyclic) bond motifs is 1. The topological polar surface area (TPSA) is 92.5 Å². The Kier molecular flexibility index (Phi) is 3.77. The van der Waals surface area contributed by atoms with Crippen molar-refractivity contribution in [3.05, 3.63) is 35.1 Å². The van der Waals surface area contributed by atoms with E-state index in [-0.39, 0.29) is 18.2 Å². The highest BCUT2D eigenvalue weighted by molar-refractivity contribution is 9.10. The predicted molar refractivity (Wildman–Crippen MR) is 91.9 cm³/mol. The van der Waals surface area contributed by atoms with Crippen molar-refractivity contribution in [1.29, 1.82) is 0 Å². The van der Waals surface area contributed by atoms with E-state index in [4.69, 9.17) is 0 Å². The molecule has 0 aliphatic carbocycles. The fraction of sp³-hybridized carbons (Fsp3) is 0.214. The molecule has 0 radical (unpaired) electrons. The van der Waals surface area contributed by atoms with Crippen molar-refractivity contribution in [3.8, 4) is 0 Å². The number of halogens is 1. The van der Waals surface area contributed by atoms with Crippen LogP contribution in [-0.2, 0) is 9.59 Å². The Hall–Kier alpha value is -2.33. The average molecular weight is 407 g/mol. The minimum Gasteiger partial charge on any atom is -0.310 e.